The average Bonchev–Trinajstić information content (AvgIpc) is 2.67. The van der Waals surface area contributed by atoms with Crippen LogP contribution < -0.4 is 4.74 Å². The van der Waals surface area contributed by atoms with E-state index in [0.29, 0.717) is 9.35 Å². The summed E-state index contributed by atoms with van der Waals surface area (Å²) < 4.78 is 19.5. The van der Waals surface area contributed by atoms with Gasteiger partial charge in [0.2, 0.25) is 5.78 Å². The Bertz CT molecular complexity index is 607. The van der Waals surface area contributed by atoms with Crippen molar-refractivity contribution >= 4 is 33.0 Å². The summed E-state index contributed by atoms with van der Waals surface area (Å²) in [6.07, 6.45) is 0. The van der Waals surface area contributed by atoms with Gasteiger partial charge in [0.1, 0.15) is 17.1 Å². The molecule has 0 saturated carbocycles. The van der Waals surface area contributed by atoms with Gasteiger partial charge < -0.3 is 4.74 Å². The van der Waals surface area contributed by atoms with Gasteiger partial charge in [-0.2, -0.15) is 0 Å². The van der Waals surface area contributed by atoms with Crippen molar-refractivity contribution in [3.05, 3.63) is 49.9 Å². The monoisotopic (exact) mass is 328 g/mol. The summed E-state index contributed by atoms with van der Waals surface area (Å²) in [7, 11) is 1.42. The molecule has 0 aliphatic carbocycles. The summed E-state index contributed by atoms with van der Waals surface area (Å²) >= 11 is 4.64. The summed E-state index contributed by atoms with van der Waals surface area (Å²) in [5.74, 6) is -0.690. The zero-order chi connectivity index (χ0) is 13.3. The molecule has 94 valence electrons. The van der Waals surface area contributed by atoms with E-state index in [1.54, 1.807) is 6.07 Å². The van der Waals surface area contributed by atoms with Crippen LogP contribution in [0.25, 0.3) is 0 Å². The van der Waals surface area contributed by atoms with Gasteiger partial charge in [-0.1, -0.05) is 6.07 Å². The number of halogens is 2. The zero-order valence-corrected chi connectivity index (χ0v) is 12.2. The molecule has 0 fully saturated rings. The second kappa shape index (κ2) is 5.20. The molecule has 2 aromatic rings. The van der Waals surface area contributed by atoms with Crippen LogP contribution >= 0.6 is 27.3 Å². The number of ether oxygens (including phenoxy) is 1. The van der Waals surface area contributed by atoms with Crippen molar-refractivity contribution in [2.24, 2.45) is 0 Å². The first-order valence-corrected chi connectivity index (χ1v) is 6.78. The van der Waals surface area contributed by atoms with Gasteiger partial charge in [0.15, 0.2) is 0 Å². The van der Waals surface area contributed by atoms with E-state index in [2.05, 4.69) is 15.9 Å². The minimum Gasteiger partial charge on any atom is -0.496 e. The second-order valence-corrected chi connectivity index (χ2v) is 5.79. The topological polar surface area (TPSA) is 26.3 Å². The third-order valence-corrected chi connectivity index (χ3v) is 4.38. The van der Waals surface area contributed by atoms with Crippen molar-refractivity contribution in [3.63, 3.8) is 0 Å². The lowest BCUT2D eigenvalue weighted by Gasteiger charge is -2.07. The van der Waals surface area contributed by atoms with Gasteiger partial charge in [-0.25, -0.2) is 4.39 Å². The summed E-state index contributed by atoms with van der Waals surface area (Å²) in [6, 6.07) is 6.18. The molecule has 0 spiro atoms. The molecule has 0 saturated heterocycles. The standard InChI is InChI=1S/C13H10BrFO2S/c1-7-6-8(14)13(18-7)12(16)11-9(15)4-3-5-10(11)17-2/h3-6H,1-2H3. The number of rotatable bonds is 3. The van der Waals surface area contributed by atoms with E-state index in [1.807, 2.05) is 13.0 Å². The van der Waals surface area contributed by atoms with Crippen molar-refractivity contribution < 1.29 is 13.9 Å². The lowest BCUT2D eigenvalue weighted by molar-refractivity contribution is 0.103. The molecule has 5 heteroatoms. The Morgan fingerprint density at radius 2 is 2.17 bits per heavy atom. The number of methoxy groups -OCH3 is 1. The van der Waals surface area contributed by atoms with Gasteiger partial charge in [-0.05, 0) is 41.1 Å². The Labute approximate surface area is 117 Å². The van der Waals surface area contributed by atoms with Crippen LogP contribution in [-0.4, -0.2) is 12.9 Å². The van der Waals surface area contributed by atoms with Crippen LogP contribution in [0.3, 0.4) is 0 Å². The van der Waals surface area contributed by atoms with E-state index in [4.69, 9.17) is 4.74 Å². The minimum atomic E-state index is -0.572. The molecule has 0 unspecified atom stereocenters. The minimum absolute atomic E-state index is 0.0254. The first kappa shape index (κ1) is 13.2. The third-order valence-electron chi connectivity index (χ3n) is 2.44. The number of benzene rings is 1. The fourth-order valence-electron chi connectivity index (χ4n) is 1.65. The van der Waals surface area contributed by atoms with Gasteiger partial charge in [0.05, 0.1) is 12.0 Å². The van der Waals surface area contributed by atoms with Gasteiger partial charge in [0, 0.05) is 9.35 Å². The highest BCUT2D eigenvalue weighted by Crippen LogP contribution is 2.32. The van der Waals surface area contributed by atoms with Crippen molar-refractivity contribution in [2.75, 3.05) is 7.11 Å². The van der Waals surface area contributed by atoms with Crippen molar-refractivity contribution in [2.45, 2.75) is 6.92 Å². The number of ketones is 1. The maximum Gasteiger partial charge on any atom is 0.210 e. The van der Waals surface area contributed by atoms with E-state index in [9.17, 15) is 9.18 Å². The Hall–Kier alpha value is -1.20. The summed E-state index contributed by atoms with van der Waals surface area (Å²) in [6.45, 7) is 1.89. The first-order chi connectivity index (χ1) is 8.54. The maximum atomic E-state index is 13.8. The van der Waals surface area contributed by atoms with E-state index >= 15 is 0 Å². The Kier molecular flexibility index (Phi) is 3.82. The Morgan fingerprint density at radius 1 is 1.44 bits per heavy atom. The number of carbonyl (C=O) groups excluding carboxylic acids is 1. The molecular weight excluding hydrogens is 319 g/mol. The van der Waals surface area contributed by atoms with Gasteiger partial charge in [-0.3, -0.25) is 4.79 Å². The molecule has 0 radical (unpaired) electrons. The van der Waals surface area contributed by atoms with Crippen molar-refractivity contribution in [3.8, 4) is 5.75 Å². The molecule has 2 nitrogen and oxygen atoms in total. The molecule has 1 aromatic heterocycles. The first-order valence-electron chi connectivity index (χ1n) is 5.17. The highest BCUT2D eigenvalue weighted by atomic mass is 79.9. The third kappa shape index (κ3) is 2.33. The lowest BCUT2D eigenvalue weighted by Crippen LogP contribution is -2.05. The van der Waals surface area contributed by atoms with Crippen LogP contribution in [0.5, 0.6) is 5.75 Å². The molecule has 2 rings (SSSR count). The largest absolute Gasteiger partial charge is 0.496 e. The van der Waals surface area contributed by atoms with Gasteiger partial charge >= 0.3 is 0 Å². The number of carbonyl (C=O) groups is 1. The normalized spacial score (nSPS) is 10.4. The summed E-state index contributed by atoms with van der Waals surface area (Å²) in [4.78, 5) is 13.8. The summed E-state index contributed by atoms with van der Waals surface area (Å²) in [5.41, 5.74) is -0.0254. The van der Waals surface area contributed by atoms with Crippen LogP contribution in [0.1, 0.15) is 20.1 Å². The van der Waals surface area contributed by atoms with E-state index < -0.39 is 5.82 Å². The molecule has 0 amide bonds. The van der Waals surface area contributed by atoms with Crippen LogP contribution in [0.4, 0.5) is 4.39 Å². The molecule has 1 heterocycles. The SMILES string of the molecule is COc1cccc(F)c1C(=O)c1sc(C)cc1Br. The fraction of sp³-hybridized carbons (Fsp3) is 0.154. The van der Waals surface area contributed by atoms with Crippen LogP contribution in [0, 0.1) is 12.7 Å². The van der Waals surface area contributed by atoms with Crippen molar-refractivity contribution in [1.82, 2.24) is 0 Å². The average molecular weight is 329 g/mol. The van der Waals surface area contributed by atoms with Crippen LogP contribution in [0.2, 0.25) is 0 Å². The van der Waals surface area contributed by atoms with E-state index in [-0.39, 0.29) is 17.1 Å². The van der Waals surface area contributed by atoms with E-state index in [1.165, 1.54) is 30.6 Å². The highest BCUT2D eigenvalue weighted by Gasteiger charge is 2.22. The molecule has 0 aliphatic rings. The smallest absolute Gasteiger partial charge is 0.210 e. The molecule has 0 atom stereocenters. The molecular formula is C13H10BrFO2S. The predicted octanol–water partition coefficient (Wildman–Crippen LogP) is 4.20. The van der Waals surface area contributed by atoms with Gasteiger partial charge in [0.25, 0.3) is 0 Å². The van der Waals surface area contributed by atoms with Gasteiger partial charge in [-0.15, -0.1) is 11.3 Å². The fourth-order valence-corrected chi connectivity index (χ4v) is 3.41. The predicted molar refractivity (Wildman–Crippen MR) is 73.1 cm³/mol. The van der Waals surface area contributed by atoms with Crippen LogP contribution in [-0.2, 0) is 0 Å². The zero-order valence-electron chi connectivity index (χ0n) is 9.79. The molecule has 1 aromatic carbocycles. The maximum absolute atomic E-state index is 13.8. The van der Waals surface area contributed by atoms with Crippen molar-refractivity contribution in [1.29, 1.82) is 0 Å². The Balaban J connectivity index is 2.56. The number of hydrogen-bond acceptors (Lipinski definition) is 3. The molecule has 0 N–H and O–H groups in total. The highest BCUT2D eigenvalue weighted by molar-refractivity contribution is 9.10. The summed E-state index contributed by atoms with van der Waals surface area (Å²) in [5, 5.41) is 0. The lowest BCUT2D eigenvalue weighted by atomic mass is 10.1. The number of aryl methyl sites for hydroxylation is 1. The van der Waals surface area contributed by atoms with Crippen LogP contribution in [0.15, 0.2) is 28.7 Å². The molecule has 18 heavy (non-hydrogen) atoms. The van der Waals surface area contributed by atoms with E-state index in [0.717, 1.165) is 4.88 Å². The molecule has 0 aliphatic heterocycles. The molecule has 0 bridgehead atoms. The number of hydrogen-bond donors (Lipinski definition) is 0. The number of thiophene rings is 1. The Morgan fingerprint density at radius 3 is 2.72 bits per heavy atom. The second-order valence-electron chi connectivity index (χ2n) is 3.68. The quantitative estimate of drug-likeness (QED) is 0.789.